The van der Waals surface area contributed by atoms with Gasteiger partial charge in [-0.15, -0.1) is 0 Å². The summed E-state index contributed by atoms with van der Waals surface area (Å²) in [5.74, 6) is -0.187. The molecule has 1 nitrogen and oxygen atoms in total. The van der Waals surface area contributed by atoms with Crippen molar-refractivity contribution in [2.24, 2.45) is 0 Å². The zero-order chi connectivity index (χ0) is 14.5. The Kier molecular flexibility index (Phi) is 5.75. The summed E-state index contributed by atoms with van der Waals surface area (Å²) in [6.45, 7) is 2.94. The summed E-state index contributed by atoms with van der Waals surface area (Å²) in [7, 11) is 0. The summed E-state index contributed by atoms with van der Waals surface area (Å²) in [5, 5.41) is 3.46. The minimum atomic E-state index is -0.187. The Morgan fingerprint density at radius 3 is 2.40 bits per heavy atom. The van der Waals surface area contributed by atoms with Gasteiger partial charge in [0.15, 0.2) is 0 Å². The second-order valence-electron chi connectivity index (χ2n) is 4.65. The van der Waals surface area contributed by atoms with Gasteiger partial charge in [0, 0.05) is 15.0 Å². The molecule has 0 fully saturated rings. The van der Waals surface area contributed by atoms with Gasteiger partial charge in [-0.1, -0.05) is 50.9 Å². The summed E-state index contributed by atoms with van der Waals surface area (Å²) in [5.41, 5.74) is 2.17. The van der Waals surface area contributed by atoms with Gasteiger partial charge in [0.05, 0.1) is 0 Å². The van der Waals surface area contributed by atoms with Crippen LogP contribution in [0.15, 0.2) is 51.4 Å². The molecule has 2 rings (SSSR count). The number of hydrogen-bond acceptors (Lipinski definition) is 1. The summed E-state index contributed by atoms with van der Waals surface area (Å²) in [6, 6.07) is 13.1. The van der Waals surface area contributed by atoms with Crippen molar-refractivity contribution in [1.82, 2.24) is 5.32 Å². The Labute approximate surface area is 135 Å². The monoisotopic (exact) mass is 399 g/mol. The molecular formula is C16H16Br2FN. The van der Waals surface area contributed by atoms with Crippen molar-refractivity contribution in [3.63, 3.8) is 0 Å². The van der Waals surface area contributed by atoms with Crippen LogP contribution in [0.4, 0.5) is 4.39 Å². The molecule has 0 saturated heterocycles. The molecule has 0 aliphatic heterocycles. The maximum atomic E-state index is 13.3. The first-order valence-corrected chi connectivity index (χ1v) is 8.11. The number of halogens is 3. The molecule has 2 aromatic rings. The van der Waals surface area contributed by atoms with Crippen molar-refractivity contribution in [3.8, 4) is 0 Å². The predicted octanol–water partition coefficient (Wildman–Crippen LogP) is 5.24. The molecule has 4 heteroatoms. The molecule has 0 bridgehead atoms. The largest absolute Gasteiger partial charge is 0.310 e. The first kappa shape index (κ1) is 15.7. The zero-order valence-corrected chi connectivity index (χ0v) is 14.3. The van der Waals surface area contributed by atoms with Crippen molar-refractivity contribution in [3.05, 3.63) is 68.4 Å². The molecule has 0 radical (unpaired) electrons. The summed E-state index contributed by atoms with van der Waals surface area (Å²) in [6.07, 6.45) is 0.758. The summed E-state index contributed by atoms with van der Waals surface area (Å²) < 4.78 is 15.4. The van der Waals surface area contributed by atoms with Crippen LogP contribution in [0, 0.1) is 5.82 Å². The molecular weight excluding hydrogens is 385 g/mol. The normalized spacial score (nSPS) is 12.4. The van der Waals surface area contributed by atoms with Crippen molar-refractivity contribution < 1.29 is 4.39 Å². The molecule has 20 heavy (non-hydrogen) atoms. The first-order chi connectivity index (χ1) is 9.58. The van der Waals surface area contributed by atoms with E-state index in [0.29, 0.717) is 0 Å². The SMILES string of the molecule is CCNC(Cc1cccc(F)c1)c1cc(Br)cc(Br)c1. The van der Waals surface area contributed by atoms with Gasteiger partial charge in [-0.2, -0.15) is 0 Å². The highest BCUT2D eigenvalue weighted by Gasteiger charge is 2.13. The summed E-state index contributed by atoms with van der Waals surface area (Å²) in [4.78, 5) is 0. The third-order valence-electron chi connectivity index (χ3n) is 3.07. The number of likely N-dealkylation sites (N-methyl/N-ethyl adjacent to an activating group) is 1. The molecule has 0 heterocycles. The van der Waals surface area contributed by atoms with Gasteiger partial charge >= 0.3 is 0 Å². The van der Waals surface area contributed by atoms with E-state index in [2.05, 4.69) is 56.2 Å². The molecule has 0 aliphatic carbocycles. The number of nitrogens with one attached hydrogen (secondary N) is 1. The van der Waals surface area contributed by atoms with Crippen LogP contribution >= 0.6 is 31.9 Å². The maximum absolute atomic E-state index is 13.3. The Balaban J connectivity index is 2.26. The van der Waals surface area contributed by atoms with Crippen molar-refractivity contribution in [2.75, 3.05) is 6.54 Å². The lowest BCUT2D eigenvalue weighted by Gasteiger charge is -2.19. The molecule has 1 N–H and O–H groups in total. The second-order valence-corrected chi connectivity index (χ2v) is 6.48. The van der Waals surface area contributed by atoms with Gasteiger partial charge in [0.1, 0.15) is 5.82 Å². The fourth-order valence-electron chi connectivity index (χ4n) is 2.23. The molecule has 106 valence electrons. The lowest BCUT2D eigenvalue weighted by Crippen LogP contribution is -2.23. The Bertz CT molecular complexity index is 566. The molecule has 0 saturated carbocycles. The topological polar surface area (TPSA) is 12.0 Å². The molecule has 0 spiro atoms. The predicted molar refractivity (Wildman–Crippen MR) is 88.4 cm³/mol. The van der Waals surface area contributed by atoms with Crippen LogP contribution in [0.1, 0.15) is 24.1 Å². The van der Waals surface area contributed by atoms with E-state index < -0.39 is 0 Å². The number of rotatable bonds is 5. The van der Waals surface area contributed by atoms with Gasteiger partial charge in [0.2, 0.25) is 0 Å². The van der Waals surface area contributed by atoms with Crippen LogP contribution in [0.5, 0.6) is 0 Å². The minimum Gasteiger partial charge on any atom is -0.310 e. The molecule has 0 aromatic heterocycles. The highest BCUT2D eigenvalue weighted by molar-refractivity contribution is 9.11. The van der Waals surface area contributed by atoms with Crippen LogP contribution < -0.4 is 5.32 Å². The van der Waals surface area contributed by atoms with Gasteiger partial charge < -0.3 is 5.32 Å². The van der Waals surface area contributed by atoms with Crippen molar-refractivity contribution in [2.45, 2.75) is 19.4 Å². The van der Waals surface area contributed by atoms with Gasteiger partial charge in [-0.25, -0.2) is 4.39 Å². The fraction of sp³-hybridized carbons (Fsp3) is 0.250. The third kappa shape index (κ3) is 4.40. The van der Waals surface area contributed by atoms with Gasteiger partial charge in [-0.3, -0.25) is 0 Å². The Morgan fingerprint density at radius 1 is 1.10 bits per heavy atom. The van der Waals surface area contributed by atoms with E-state index in [9.17, 15) is 4.39 Å². The average molecular weight is 401 g/mol. The molecule has 0 aliphatic rings. The maximum Gasteiger partial charge on any atom is 0.123 e. The molecule has 2 aromatic carbocycles. The highest BCUT2D eigenvalue weighted by Crippen LogP contribution is 2.26. The van der Waals surface area contributed by atoms with E-state index >= 15 is 0 Å². The number of benzene rings is 2. The standard InChI is InChI=1S/C16H16Br2FN/c1-2-20-16(7-11-4-3-5-15(19)6-11)12-8-13(17)10-14(18)9-12/h3-6,8-10,16,20H,2,7H2,1H3. The zero-order valence-electron chi connectivity index (χ0n) is 11.2. The second kappa shape index (κ2) is 7.34. The third-order valence-corrected chi connectivity index (χ3v) is 3.98. The van der Waals surface area contributed by atoms with E-state index in [0.717, 1.165) is 27.5 Å². The highest BCUT2D eigenvalue weighted by atomic mass is 79.9. The van der Waals surface area contributed by atoms with Crippen LogP contribution in [-0.4, -0.2) is 6.54 Å². The fourth-order valence-corrected chi connectivity index (χ4v) is 3.56. The van der Waals surface area contributed by atoms with Crippen LogP contribution in [0.25, 0.3) is 0 Å². The molecule has 0 amide bonds. The van der Waals surface area contributed by atoms with E-state index in [1.807, 2.05) is 12.1 Å². The quantitative estimate of drug-likeness (QED) is 0.723. The minimum absolute atomic E-state index is 0.163. The van der Waals surface area contributed by atoms with Gasteiger partial charge in [0.25, 0.3) is 0 Å². The van der Waals surface area contributed by atoms with E-state index in [1.54, 1.807) is 12.1 Å². The van der Waals surface area contributed by atoms with Gasteiger partial charge in [-0.05, 0) is 54.4 Å². The van der Waals surface area contributed by atoms with E-state index in [1.165, 1.54) is 11.6 Å². The average Bonchev–Trinajstić information content (AvgIpc) is 2.37. The van der Waals surface area contributed by atoms with E-state index in [-0.39, 0.29) is 11.9 Å². The Hall–Kier alpha value is -0.710. The van der Waals surface area contributed by atoms with Crippen molar-refractivity contribution >= 4 is 31.9 Å². The van der Waals surface area contributed by atoms with E-state index in [4.69, 9.17) is 0 Å². The lowest BCUT2D eigenvalue weighted by atomic mass is 9.99. The van der Waals surface area contributed by atoms with Crippen LogP contribution in [-0.2, 0) is 6.42 Å². The smallest absolute Gasteiger partial charge is 0.123 e. The number of hydrogen-bond donors (Lipinski definition) is 1. The summed E-state index contributed by atoms with van der Waals surface area (Å²) >= 11 is 7.02. The molecule has 1 atom stereocenters. The van der Waals surface area contributed by atoms with Crippen LogP contribution in [0.2, 0.25) is 0 Å². The Morgan fingerprint density at radius 2 is 1.80 bits per heavy atom. The van der Waals surface area contributed by atoms with Crippen molar-refractivity contribution in [1.29, 1.82) is 0 Å². The lowest BCUT2D eigenvalue weighted by molar-refractivity contribution is 0.546. The molecule has 1 unspecified atom stereocenters. The van der Waals surface area contributed by atoms with Crippen LogP contribution in [0.3, 0.4) is 0 Å². The first-order valence-electron chi connectivity index (χ1n) is 6.52.